The number of thiophene rings is 1. The van der Waals surface area contributed by atoms with E-state index in [1.54, 1.807) is 4.88 Å². The monoisotopic (exact) mass is 305 g/mol. The van der Waals surface area contributed by atoms with Gasteiger partial charge in [-0.2, -0.15) is 0 Å². The first-order valence-electron chi connectivity index (χ1n) is 9.09. The van der Waals surface area contributed by atoms with Crippen molar-refractivity contribution in [3.05, 3.63) is 22.4 Å². The molecule has 1 N–H and O–H groups in total. The molecule has 1 aromatic heterocycles. The Hall–Kier alpha value is -0.340. The van der Waals surface area contributed by atoms with Crippen molar-refractivity contribution >= 4 is 11.3 Å². The van der Waals surface area contributed by atoms with Gasteiger partial charge in [0.05, 0.1) is 0 Å². The van der Waals surface area contributed by atoms with Crippen LogP contribution in [0.3, 0.4) is 0 Å². The van der Waals surface area contributed by atoms with E-state index in [-0.39, 0.29) is 0 Å². The van der Waals surface area contributed by atoms with E-state index in [9.17, 15) is 0 Å². The summed E-state index contributed by atoms with van der Waals surface area (Å²) in [4.78, 5) is 1.57. The molecule has 1 heterocycles. The highest BCUT2D eigenvalue weighted by Gasteiger charge is 2.27. The van der Waals surface area contributed by atoms with Crippen molar-refractivity contribution in [1.29, 1.82) is 0 Å². The topological polar surface area (TPSA) is 12.0 Å². The molecule has 0 saturated heterocycles. The normalized spacial score (nSPS) is 28.8. The maximum Gasteiger partial charge on any atom is 0.0443 e. The third-order valence-electron chi connectivity index (χ3n) is 5.68. The lowest BCUT2D eigenvalue weighted by atomic mass is 9.81. The zero-order valence-corrected chi connectivity index (χ0v) is 14.3. The molecular formula is C19H31NS. The van der Waals surface area contributed by atoms with Gasteiger partial charge in [-0.05, 0) is 61.4 Å². The van der Waals surface area contributed by atoms with Crippen LogP contribution in [0.4, 0.5) is 0 Å². The summed E-state index contributed by atoms with van der Waals surface area (Å²) in [6, 6.07) is 5.18. The van der Waals surface area contributed by atoms with Gasteiger partial charge >= 0.3 is 0 Å². The molecule has 0 radical (unpaired) electrons. The molecule has 0 aromatic carbocycles. The smallest absolute Gasteiger partial charge is 0.0443 e. The molecular weight excluding hydrogens is 274 g/mol. The first-order chi connectivity index (χ1) is 10.3. The highest BCUT2D eigenvalue weighted by atomic mass is 32.1. The number of hydrogen-bond donors (Lipinski definition) is 1. The van der Waals surface area contributed by atoms with Gasteiger partial charge in [0.2, 0.25) is 0 Å². The highest BCUT2D eigenvalue weighted by molar-refractivity contribution is 7.10. The van der Waals surface area contributed by atoms with Crippen LogP contribution in [-0.2, 0) is 0 Å². The Morgan fingerprint density at radius 2 is 2.05 bits per heavy atom. The van der Waals surface area contributed by atoms with E-state index in [1.165, 1.54) is 64.3 Å². The van der Waals surface area contributed by atoms with Gasteiger partial charge < -0.3 is 5.32 Å². The van der Waals surface area contributed by atoms with Crippen LogP contribution in [0.2, 0.25) is 0 Å². The molecule has 0 spiro atoms. The molecule has 0 aliphatic heterocycles. The van der Waals surface area contributed by atoms with Gasteiger partial charge in [-0.1, -0.05) is 45.1 Å². The maximum atomic E-state index is 3.94. The van der Waals surface area contributed by atoms with Crippen LogP contribution in [0.15, 0.2) is 17.5 Å². The zero-order valence-electron chi connectivity index (χ0n) is 13.5. The highest BCUT2D eigenvalue weighted by Crippen LogP contribution is 2.37. The second-order valence-corrected chi connectivity index (χ2v) is 8.40. The zero-order chi connectivity index (χ0) is 14.5. The summed E-state index contributed by atoms with van der Waals surface area (Å²) in [5, 5.41) is 6.17. The molecule has 2 heteroatoms. The largest absolute Gasteiger partial charge is 0.309 e. The van der Waals surface area contributed by atoms with E-state index in [0.717, 1.165) is 17.8 Å². The molecule has 1 nitrogen and oxygen atoms in total. The Morgan fingerprint density at radius 3 is 2.76 bits per heavy atom. The van der Waals surface area contributed by atoms with E-state index in [0.29, 0.717) is 6.04 Å². The van der Waals surface area contributed by atoms with Crippen LogP contribution in [0.25, 0.3) is 0 Å². The second kappa shape index (κ2) is 7.78. The predicted molar refractivity (Wildman–Crippen MR) is 92.8 cm³/mol. The lowest BCUT2D eigenvalue weighted by Gasteiger charge is -2.29. The van der Waals surface area contributed by atoms with Crippen molar-refractivity contribution in [3.63, 3.8) is 0 Å². The fourth-order valence-electron chi connectivity index (χ4n) is 4.52. The Bertz CT molecular complexity index is 394. The standard InChI is InChI=1S/C19H31NS/c1-15-6-4-7-16(14-15)11-12-20-19(17-8-2-3-9-17)18-10-5-13-21-18/h5,10,13,15-17,19-20H,2-4,6-9,11-12,14H2,1H3. The van der Waals surface area contributed by atoms with Gasteiger partial charge in [0, 0.05) is 10.9 Å². The van der Waals surface area contributed by atoms with Crippen molar-refractivity contribution in [2.45, 2.75) is 70.8 Å². The van der Waals surface area contributed by atoms with Crippen LogP contribution < -0.4 is 5.32 Å². The minimum absolute atomic E-state index is 0.633. The summed E-state index contributed by atoms with van der Waals surface area (Å²) in [6.07, 6.45) is 13.0. The first kappa shape index (κ1) is 15.6. The van der Waals surface area contributed by atoms with Gasteiger partial charge in [-0.3, -0.25) is 0 Å². The minimum atomic E-state index is 0.633. The molecule has 3 unspecified atom stereocenters. The van der Waals surface area contributed by atoms with Crippen LogP contribution in [0, 0.1) is 17.8 Å². The molecule has 2 aliphatic rings. The van der Waals surface area contributed by atoms with Crippen LogP contribution in [-0.4, -0.2) is 6.54 Å². The van der Waals surface area contributed by atoms with Crippen molar-refractivity contribution in [2.24, 2.45) is 17.8 Å². The van der Waals surface area contributed by atoms with Crippen molar-refractivity contribution in [1.82, 2.24) is 5.32 Å². The van der Waals surface area contributed by atoms with Crippen LogP contribution in [0.1, 0.15) is 75.6 Å². The maximum absolute atomic E-state index is 3.94. The predicted octanol–water partition coefficient (Wildman–Crippen LogP) is 5.79. The van der Waals surface area contributed by atoms with Crippen molar-refractivity contribution in [3.8, 4) is 0 Å². The van der Waals surface area contributed by atoms with Gasteiger partial charge in [-0.15, -0.1) is 11.3 Å². The Morgan fingerprint density at radius 1 is 1.19 bits per heavy atom. The molecule has 21 heavy (non-hydrogen) atoms. The summed E-state index contributed by atoms with van der Waals surface area (Å²) in [5.41, 5.74) is 0. The first-order valence-corrected chi connectivity index (χ1v) is 9.97. The fourth-order valence-corrected chi connectivity index (χ4v) is 5.42. The number of rotatable bonds is 6. The Labute approximate surface area is 134 Å². The molecule has 1 aromatic rings. The molecule has 2 saturated carbocycles. The van der Waals surface area contributed by atoms with Crippen molar-refractivity contribution < 1.29 is 0 Å². The third-order valence-corrected chi connectivity index (χ3v) is 6.64. The summed E-state index contributed by atoms with van der Waals surface area (Å²) < 4.78 is 0. The van der Waals surface area contributed by atoms with Gasteiger partial charge in [0.15, 0.2) is 0 Å². The van der Waals surface area contributed by atoms with E-state index < -0.39 is 0 Å². The van der Waals surface area contributed by atoms with E-state index in [1.807, 2.05) is 11.3 Å². The SMILES string of the molecule is CC1CCCC(CCNC(c2cccs2)C2CCCC2)C1. The van der Waals surface area contributed by atoms with E-state index >= 15 is 0 Å². The Balaban J connectivity index is 1.50. The molecule has 2 aliphatic carbocycles. The summed E-state index contributed by atoms with van der Waals surface area (Å²) in [7, 11) is 0. The number of hydrogen-bond acceptors (Lipinski definition) is 2. The van der Waals surface area contributed by atoms with Gasteiger partial charge in [-0.25, -0.2) is 0 Å². The second-order valence-electron chi connectivity index (χ2n) is 7.42. The van der Waals surface area contributed by atoms with E-state index in [4.69, 9.17) is 0 Å². The Kier molecular flexibility index (Phi) is 5.76. The number of nitrogens with one attached hydrogen (secondary N) is 1. The van der Waals surface area contributed by atoms with E-state index in [2.05, 4.69) is 29.8 Å². The van der Waals surface area contributed by atoms with Crippen molar-refractivity contribution in [2.75, 3.05) is 6.54 Å². The quantitative estimate of drug-likeness (QED) is 0.702. The molecule has 0 amide bonds. The van der Waals surface area contributed by atoms with Crippen LogP contribution in [0.5, 0.6) is 0 Å². The summed E-state index contributed by atoms with van der Waals surface area (Å²) in [6.45, 7) is 3.66. The molecule has 3 atom stereocenters. The molecule has 2 fully saturated rings. The van der Waals surface area contributed by atoms with Crippen LogP contribution >= 0.6 is 11.3 Å². The lowest BCUT2D eigenvalue weighted by molar-refractivity contribution is 0.259. The summed E-state index contributed by atoms with van der Waals surface area (Å²) >= 11 is 1.94. The molecule has 0 bridgehead atoms. The average Bonchev–Trinajstić information content (AvgIpc) is 3.17. The minimum Gasteiger partial charge on any atom is -0.309 e. The summed E-state index contributed by atoms with van der Waals surface area (Å²) in [5.74, 6) is 2.83. The third kappa shape index (κ3) is 4.32. The van der Waals surface area contributed by atoms with Gasteiger partial charge in [0.25, 0.3) is 0 Å². The average molecular weight is 306 g/mol. The molecule has 118 valence electrons. The molecule has 3 rings (SSSR count). The lowest BCUT2D eigenvalue weighted by Crippen LogP contribution is -2.29. The fraction of sp³-hybridized carbons (Fsp3) is 0.789. The van der Waals surface area contributed by atoms with Gasteiger partial charge in [0.1, 0.15) is 0 Å².